The Morgan fingerprint density at radius 3 is 2.53 bits per heavy atom. The Hall–Kier alpha value is -1.96. The monoisotopic (exact) mass is 252 g/mol. The molecule has 0 saturated carbocycles. The second-order valence-corrected chi connectivity index (χ2v) is 5.05. The van der Waals surface area contributed by atoms with Crippen LogP contribution < -0.4 is 4.90 Å². The summed E-state index contributed by atoms with van der Waals surface area (Å²) in [5, 5.41) is 9.57. The molecule has 0 unspecified atom stereocenters. The zero-order chi connectivity index (χ0) is 13.1. The number of nitrogens with zero attached hydrogens (tertiary/aromatic N) is 1. The normalized spacial score (nSPS) is 15.5. The number of benzene rings is 2. The van der Waals surface area contributed by atoms with E-state index < -0.39 is 0 Å². The van der Waals surface area contributed by atoms with Crippen LogP contribution in [0.1, 0.15) is 19.3 Å². The Balaban J connectivity index is 1.91. The van der Waals surface area contributed by atoms with Gasteiger partial charge in [-0.2, -0.15) is 0 Å². The number of piperidine rings is 1. The Labute approximate surface area is 114 Å². The highest BCUT2D eigenvalue weighted by atomic mass is 16.3. The SMILES string of the molecule is Oc1cccc(-c2[c]c(N3CCCCC3)ccc2)c1. The third-order valence-electron chi connectivity index (χ3n) is 3.63. The van der Waals surface area contributed by atoms with Crippen LogP contribution in [0.2, 0.25) is 0 Å². The van der Waals surface area contributed by atoms with Crippen molar-refractivity contribution in [3.63, 3.8) is 0 Å². The second kappa shape index (κ2) is 5.35. The van der Waals surface area contributed by atoms with Crippen LogP contribution >= 0.6 is 0 Å². The van der Waals surface area contributed by atoms with Crippen molar-refractivity contribution >= 4 is 5.69 Å². The molecule has 1 radical (unpaired) electrons. The van der Waals surface area contributed by atoms with E-state index in [-0.39, 0.29) is 0 Å². The van der Waals surface area contributed by atoms with Gasteiger partial charge in [0, 0.05) is 24.8 Å². The first kappa shape index (κ1) is 12.1. The fraction of sp³-hybridized carbons (Fsp3) is 0.294. The molecule has 19 heavy (non-hydrogen) atoms. The van der Waals surface area contributed by atoms with E-state index in [1.807, 2.05) is 18.2 Å². The summed E-state index contributed by atoms with van der Waals surface area (Å²) in [6, 6.07) is 17.1. The summed E-state index contributed by atoms with van der Waals surface area (Å²) in [6.45, 7) is 2.25. The van der Waals surface area contributed by atoms with Crippen LogP contribution in [0.5, 0.6) is 5.75 Å². The van der Waals surface area contributed by atoms with Crippen molar-refractivity contribution in [3.8, 4) is 16.9 Å². The number of phenols is 1. The Kier molecular flexibility index (Phi) is 3.41. The molecule has 3 rings (SSSR count). The van der Waals surface area contributed by atoms with Gasteiger partial charge in [-0.1, -0.05) is 24.3 Å². The first-order valence-corrected chi connectivity index (χ1v) is 6.90. The fourth-order valence-electron chi connectivity index (χ4n) is 2.62. The smallest absolute Gasteiger partial charge is 0.116 e. The van der Waals surface area contributed by atoms with Gasteiger partial charge in [0.15, 0.2) is 0 Å². The largest absolute Gasteiger partial charge is 0.508 e. The lowest BCUT2D eigenvalue weighted by atomic mass is 10.0. The highest BCUT2D eigenvalue weighted by molar-refractivity contribution is 5.68. The van der Waals surface area contributed by atoms with E-state index in [2.05, 4.69) is 23.1 Å². The van der Waals surface area contributed by atoms with Crippen LogP contribution in [0.3, 0.4) is 0 Å². The van der Waals surface area contributed by atoms with E-state index in [1.165, 1.54) is 24.9 Å². The standard InChI is InChI=1S/C17H18NO/c19-17-9-5-7-15(13-17)14-6-4-8-16(12-14)18-10-2-1-3-11-18/h4-9,13,19H,1-3,10-11H2. The van der Waals surface area contributed by atoms with Crippen LogP contribution in [0, 0.1) is 6.07 Å². The van der Waals surface area contributed by atoms with Gasteiger partial charge in [0.05, 0.1) is 0 Å². The second-order valence-electron chi connectivity index (χ2n) is 5.05. The van der Waals surface area contributed by atoms with Gasteiger partial charge >= 0.3 is 0 Å². The minimum absolute atomic E-state index is 0.300. The zero-order valence-corrected chi connectivity index (χ0v) is 11.0. The summed E-state index contributed by atoms with van der Waals surface area (Å²) in [5.74, 6) is 0.300. The Morgan fingerprint density at radius 2 is 1.74 bits per heavy atom. The van der Waals surface area contributed by atoms with Crippen molar-refractivity contribution in [1.29, 1.82) is 0 Å². The number of hydrogen-bond acceptors (Lipinski definition) is 2. The van der Waals surface area contributed by atoms with E-state index in [9.17, 15) is 5.11 Å². The van der Waals surface area contributed by atoms with E-state index >= 15 is 0 Å². The average molecular weight is 252 g/mol. The molecule has 0 spiro atoms. The zero-order valence-electron chi connectivity index (χ0n) is 11.0. The van der Waals surface area contributed by atoms with Gasteiger partial charge in [0.2, 0.25) is 0 Å². The molecule has 1 aliphatic heterocycles. The average Bonchev–Trinajstić information content (AvgIpc) is 2.48. The van der Waals surface area contributed by atoms with Crippen molar-refractivity contribution in [2.24, 2.45) is 0 Å². The van der Waals surface area contributed by atoms with Gasteiger partial charge in [-0.25, -0.2) is 0 Å². The molecule has 0 atom stereocenters. The Morgan fingerprint density at radius 1 is 0.947 bits per heavy atom. The maximum atomic E-state index is 9.57. The molecule has 97 valence electrons. The third kappa shape index (κ3) is 2.73. The molecule has 0 aromatic heterocycles. The van der Waals surface area contributed by atoms with Crippen LogP contribution in [-0.2, 0) is 0 Å². The molecular formula is C17H18NO. The molecular weight excluding hydrogens is 234 g/mol. The molecule has 1 fully saturated rings. The molecule has 2 aromatic carbocycles. The van der Waals surface area contributed by atoms with Gasteiger partial charge < -0.3 is 10.0 Å². The highest BCUT2D eigenvalue weighted by Gasteiger charge is 2.11. The molecule has 0 bridgehead atoms. The van der Waals surface area contributed by atoms with Crippen molar-refractivity contribution in [2.75, 3.05) is 18.0 Å². The third-order valence-corrected chi connectivity index (χ3v) is 3.63. The van der Waals surface area contributed by atoms with Gasteiger partial charge in [0.1, 0.15) is 5.75 Å². The number of anilines is 1. The van der Waals surface area contributed by atoms with Crippen LogP contribution in [0.15, 0.2) is 42.5 Å². The molecule has 1 heterocycles. The Bertz CT molecular complexity index is 559. The predicted octanol–water partition coefficient (Wildman–Crippen LogP) is 3.85. The molecule has 1 N–H and O–H groups in total. The summed E-state index contributed by atoms with van der Waals surface area (Å²) in [7, 11) is 0. The van der Waals surface area contributed by atoms with Gasteiger partial charge in [0.25, 0.3) is 0 Å². The van der Waals surface area contributed by atoms with Gasteiger partial charge in [-0.05, 0) is 48.6 Å². The first-order chi connectivity index (χ1) is 9.33. The summed E-state index contributed by atoms with van der Waals surface area (Å²) >= 11 is 0. The number of phenolic OH excluding ortho intramolecular Hbond substituents is 1. The van der Waals surface area contributed by atoms with E-state index in [1.54, 1.807) is 12.1 Å². The fourth-order valence-corrected chi connectivity index (χ4v) is 2.62. The summed E-state index contributed by atoms with van der Waals surface area (Å²) in [5.41, 5.74) is 3.22. The lowest BCUT2D eigenvalue weighted by Gasteiger charge is -2.28. The van der Waals surface area contributed by atoms with E-state index in [0.29, 0.717) is 5.75 Å². The molecule has 2 heteroatoms. The van der Waals surface area contributed by atoms with Crippen LogP contribution in [0.25, 0.3) is 11.1 Å². The minimum Gasteiger partial charge on any atom is -0.508 e. The number of hydrogen-bond donors (Lipinski definition) is 1. The van der Waals surface area contributed by atoms with Crippen molar-refractivity contribution in [1.82, 2.24) is 0 Å². The summed E-state index contributed by atoms with van der Waals surface area (Å²) < 4.78 is 0. The van der Waals surface area contributed by atoms with E-state index in [0.717, 1.165) is 24.2 Å². The van der Waals surface area contributed by atoms with Crippen molar-refractivity contribution in [2.45, 2.75) is 19.3 Å². The first-order valence-electron chi connectivity index (χ1n) is 6.90. The number of rotatable bonds is 2. The topological polar surface area (TPSA) is 23.5 Å². The van der Waals surface area contributed by atoms with E-state index in [4.69, 9.17) is 0 Å². The van der Waals surface area contributed by atoms with Gasteiger partial charge in [-0.3, -0.25) is 0 Å². The van der Waals surface area contributed by atoms with Crippen molar-refractivity contribution in [3.05, 3.63) is 48.5 Å². The maximum Gasteiger partial charge on any atom is 0.116 e. The molecule has 2 aromatic rings. The van der Waals surface area contributed by atoms with Crippen LogP contribution in [-0.4, -0.2) is 18.2 Å². The lowest BCUT2D eigenvalue weighted by molar-refractivity contribution is 0.475. The highest BCUT2D eigenvalue weighted by Crippen LogP contribution is 2.27. The predicted molar refractivity (Wildman–Crippen MR) is 78.4 cm³/mol. The molecule has 0 aliphatic carbocycles. The molecule has 1 saturated heterocycles. The number of aromatic hydroxyl groups is 1. The maximum absolute atomic E-state index is 9.57. The summed E-state index contributed by atoms with van der Waals surface area (Å²) in [4.78, 5) is 2.40. The lowest BCUT2D eigenvalue weighted by Crippen LogP contribution is -2.29. The molecule has 2 nitrogen and oxygen atoms in total. The molecule has 0 amide bonds. The summed E-state index contributed by atoms with van der Waals surface area (Å²) in [6.07, 6.45) is 3.87. The van der Waals surface area contributed by atoms with Gasteiger partial charge in [-0.15, -0.1) is 0 Å². The van der Waals surface area contributed by atoms with Crippen LogP contribution in [0.4, 0.5) is 5.69 Å². The minimum atomic E-state index is 0.300. The molecule has 1 aliphatic rings. The van der Waals surface area contributed by atoms with Crippen molar-refractivity contribution < 1.29 is 5.11 Å². The quantitative estimate of drug-likeness (QED) is 0.877.